The number of rotatable bonds is 5. The number of amides is 1. The van der Waals surface area contributed by atoms with Gasteiger partial charge in [-0.3, -0.25) is 4.79 Å². The molecule has 20 heavy (non-hydrogen) atoms. The number of hydrogen-bond acceptors (Lipinski definition) is 5. The van der Waals surface area contributed by atoms with E-state index in [1.165, 1.54) is 0 Å². The van der Waals surface area contributed by atoms with Crippen LogP contribution in [0.2, 0.25) is 0 Å². The third kappa shape index (κ3) is 3.23. The summed E-state index contributed by atoms with van der Waals surface area (Å²) < 4.78 is 5.24. The summed E-state index contributed by atoms with van der Waals surface area (Å²) in [6.45, 7) is 2.44. The molecule has 0 unspecified atom stereocenters. The quantitative estimate of drug-likeness (QED) is 0.872. The number of carbonyl (C=O) groups is 1. The molecule has 2 N–H and O–H groups in total. The monoisotopic (exact) mass is 272 g/mol. The highest BCUT2D eigenvalue weighted by Crippen LogP contribution is 2.15. The van der Waals surface area contributed by atoms with E-state index in [0.717, 1.165) is 0 Å². The Labute approximate surface area is 117 Å². The molecule has 0 atom stereocenters. The second-order valence-corrected chi connectivity index (χ2v) is 3.92. The molecule has 0 aromatic carbocycles. The maximum Gasteiger partial charge on any atom is 0.259 e. The third-order valence-electron chi connectivity index (χ3n) is 2.58. The molecular formula is C14H16N4O2. The largest absolute Gasteiger partial charge is 0.478 e. The van der Waals surface area contributed by atoms with Crippen molar-refractivity contribution in [2.24, 2.45) is 0 Å². The van der Waals surface area contributed by atoms with Crippen LogP contribution in [0, 0.1) is 0 Å². The van der Waals surface area contributed by atoms with E-state index < -0.39 is 0 Å². The van der Waals surface area contributed by atoms with Crippen LogP contribution >= 0.6 is 0 Å². The SMILES string of the molecule is CCOc1ccc(NC(=O)c2cccnc2NC)cn1. The summed E-state index contributed by atoms with van der Waals surface area (Å²) >= 11 is 0. The highest BCUT2D eigenvalue weighted by Gasteiger charge is 2.11. The number of aromatic nitrogens is 2. The van der Waals surface area contributed by atoms with Gasteiger partial charge in [0, 0.05) is 19.3 Å². The predicted octanol–water partition coefficient (Wildman–Crippen LogP) is 2.17. The van der Waals surface area contributed by atoms with E-state index in [2.05, 4.69) is 20.6 Å². The van der Waals surface area contributed by atoms with Crippen LogP contribution in [0.3, 0.4) is 0 Å². The summed E-state index contributed by atoms with van der Waals surface area (Å²) in [6.07, 6.45) is 3.18. The van der Waals surface area contributed by atoms with Gasteiger partial charge in [-0.25, -0.2) is 9.97 Å². The molecule has 0 fully saturated rings. The molecule has 0 aliphatic rings. The molecule has 2 rings (SSSR count). The molecule has 6 nitrogen and oxygen atoms in total. The van der Waals surface area contributed by atoms with Gasteiger partial charge in [0.05, 0.1) is 24.1 Å². The Hall–Kier alpha value is -2.63. The molecule has 2 aromatic heterocycles. The first-order valence-electron chi connectivity index (χ1n) is 6.27. The van der Waals surface area contributed by atoms with Gasteiger partial charge in [-0.1, -0.05) is 0 Å². The van der Waals surface area contributed by atoms with E-state index >= 15 is 0 Å². The van der Waals surface area contributed by atoms with Gasteiger partial charge in [0.25, 0.3) is 5.91 Å². The number of nitrogens with one attached hydrogen (secondary N) is 2. The second-order valence-electron chi connectivity index (χ2n) is 3.92. The Morgan fingerprint density at radius 1 is 1.30 bits per heavy atom. The highest BCUT2D eigenvalue weighted by molar-refractivity contribution is 6.07. The van der Waals surface area contributed by atoms with Crippen LogP contribution in [-0.4, -0.2) is 29.5 Å². The molecule has 2 heterocycles. The number of carbonyl (C=O) groups excluding carboxylic acids is 1. The Kier molecular flexibility index (Phi) is 4.49. The molecule has 1 amide bonds. The van der Waals surface area contributed by atoms with Gasteiger partial charge in [0.2, 0.25) is 5.88 Å². The molecule has 0 aliphatic heterocycles. The zero-order chi connectivity index (χ0) is 14.4. The van der Waals surface area contributed by atoms with Gasteiger partial charge in [0.15, 0.2) is 0 Å². The summed E-state index contributed by atoms with van der Waals surface area (Å²) in [5.74, 6) is 0.820. The molecule has 104 valence electrons. The van der Waals surface area contributed by atoms with Gasteiger partial charge in [-0.15, -0.1) is 0 Å². The molecule has 0 spiro atoms. The zero-order valence-corrected chi connectivity index (χ0v) is 11.4. The lowest BCUT2D eigenvalue weighted by molar-refractivity contribution is 0.102. The number of ether oxygens (including phenoxy) is 1. The van der Waals surface area contributed by atoms with Crippen molar-refractivity contribution in [2.75, 3.05) is 24.3 Å². The van der Waals surface area contributed by atoms with Crippen LogP contribution in [0.25, 0.3) is 0 Å². The first-order chi connectivity index (χ1) is 9.74. The lowest BCUT2D eigenvalue weighted by Gasteiger charge is -2.09. The molecule has 6 heteroatoms. The highest BCUT2D eigenvalue weighted by atomic mass is 16.5. The van der Waals surface area contributed by atoms with Crippen LogP contribution in [0.4, 0.5) is 11.5 Å². The van der Waals surface area contributed by atoms with Crippen LogP contribution in [-0.2, 0) is 0 Å². The van der Waals surface area contributed by atoms with Gasteiger partial charge in [0.1, 0.15) is 5.82 Å². The molecule has 0 saturated heterocycles. The fraction of sp³-hybridized carbons (Fsp3) is 0.214. The Morgan fingerprint density at radius 2 is 2.15 bits per heavy atom. The van der Waals surface area contributed by atoms with Crippen LogP contribution in [0.15, 0.2) is 36.7 Å². The maximum atomic E-state index is 12.2. The predicted molar refractivity (Wildman–Crippen MR) is 77.1 cm³/mol. The fourth-order valence-corrected chi connectivity index (χ4v) is 1.67. The van der Waals surface area contributed by atoms with Crippen molar-refractivity contribution >= 4 is 17.4 Å². The molecule has 0 bridgehead atoms. The van der Waals surface area contributed by atoms with Gasteiger partial charge >= 0.3 is 0 Å². The van der Waals surface area contributed by atoms with Crippen molar-refractivity contribution in [3.05, 3.63) is 42.2 Å². The Bertz CT molecular complexity index is 584. The lowest BCUT2D eigenvalue weighted by atomic mass is 10.2. The van der Waals surface area contributed by atoms with E-state index in [1.807, 2.05) is 6.92 Å². The molecule has 0 aliphatic carbocycles. The number of pyridine rings is 2. The summed E-state index contributed by atoms with van der Waals surface area (Å²) in [5, 5.41) is 5.65. The summed E-state index contributed by atoms with van der Waals surface area (Å²) in [6, 6.07) is 6.87. The summed E-state index contributed by atoms with van der Waals surface area (Å²) in [5.41, 5.74) is 1.08. The van der Waals surface area contributed by atoms with Gasteiger partial charge in [-0.2, -0.15) is 0 Å². The molecule has 0 saturated carbocycles. The number of hydrogen-bond donors (Lipinski definition) is 2. The molecule has 2 aromatic rings. The van der Waals surface area contributed by atoms with Gasteiger partial charge in [-0.05, 0) is 25.1 Å². The van der Waals surface area contributed by atoms with Gasteiger partial charge < -0.3 is 15.4 Å². The second kappa shape index (κ2) is 6.51. The van der Waals surface area contributed by atoms with Crippen molar-refractivity contribution in [3.63, 3.8) is 0 Å². The molecular weight excluding hydrogens is 256 g/mol. The first-order valence-corrected chi connectivity index (χ1v) is 6.27. The first kappa shape index (κ1) is 13.8. The van der Waals surface area contributed by atoms with Crippen molar-refractivity contribution in [1.29, 1.82) is 0 Å². The standard InChI is InChI=1S/C14H16N4O2/c1-3-20-12-7-6-10(9-17-12)18-14(19)11-5-4-8-16-13(11)15-2/h4-9H,3H2,1-2H3,(H,15,16)(H,18,19). The third-order valence-corrected chi connectivity index (χ3v) is 2.58. The minimum Gasteiger partial charge on any atom is -0.478 e. The Balaban J connectivity index is 2.11. The zero-order valence-electron chi connectivity index (χ0n) is 11.4. The maximum absolute atomic E-state index is 12.2. The smallest absolute Gasteiger partial charge is 0.259 e. The average molecular weight is 272 g/mol. The van der Waals surface area contributed by atoms with Crippen LogP contribution in [0.1, 0.15) is 17.3 Å². The summed E-state index contributed by atoms with van der Waals surface area (Å²) in [4.78, 5) is 20.3. The van der Waals surface area contributed by atoms with Crippen molar-refractivity contribution in [1.82, 2.24) is 9.97 Å². The number of anilines is 2. The minimum atomic E-state index is -0.242. The average Bonchev–Trinajstić information content (AvgIpc) is 2.49. The van der Waals surface area contributed by atoms with Crippen molar-refractivity contribution in [3.8, 4) is 5.88 Å². The van der Waals surface area contributed by atoms with E-state index in [0.29, 0.717) is 29.6 Å². The van der Waals surface area contributed by atoms with Crippen LogP contribution < -0.4 is 15.4 Å². The van der Waals surface area contributed by atoms with E-state index in [4.69, 9.17) is 4.74 Å². The minimum absolute atomic E-state index is 0.242. The van der Waals surface area contributed by atoms with E-state index in [1.54, 1.807) is 43.7 Å². The fourth-order valence-electron chi connectivity index (χ4n) is 1.67. The number of nitrogens with zero attached hydrogens (tertiary/aromatic N) is 2. The van der Waals surface area contributed by atoms with Crippen LogP contribution in [0.5, 0.6) is 5.88 Å². The topological polar surface area (TPSA) is 76.1 Å². The van der Waals surface area contributed by atoms with E-state index in [-0.39, 0.29) is 5.91 Å². The summed E-state index contributed by atoms with van der Waals surface area (Å²) in [7, 11) is 1.72. The van der Waals surface area contributed by atoms with Crippen molar-refractivity contribution in [2.45, 2.75) is 6.92 Å². The molecule has 0 radical (unpaired) electrons. The normalized spacial score (nSPS) is 9.90. The van der Waals surface area contributed by atoms with Crippen molar-refractivity contribution < 1.29 is 9.53 Å². The Morgan fingerprint density at radius 3 is 2.80 bits per heavy atom. The lowest BCUT2D eigenvalue weighted by Crippen LogP contribution is -2.14. The van der Waals surface area contributed by atoms with E-state index in [9.17, 15) is 4.79 Å².